The predicted octanol–water partition coefficient (Wildman–Crippen LogP) is -3.06. The molecule has 0 radical (unpaired) electrons. The minimum absolute atomic E-state index is 0.778. The summed E-state index contributed by atoms with van der Waals surface area (Å²) in [6.07, 6.45) is -4.53. The standard InChI is InChI=1S/C4H6O6.C2H4O3/c5-1(3(7)8)2(6)4(9)10;3-1-2(4)5/h1-2,5-6H,(H,7,8)(H,9,10);3H,1H2,(H,4,5). The van der Waals surface area contributed by atoms with Crippen LogP contribution in [0.4, 0.5) is 0 Å². The van der Waals surface area contributed by atoms with E-state index in [9.17, 15) is 9.59 Å². The zero-order valence-electron chi connectivity index (χ0n) is 7.27. The maximum absolute atomic E-state index is 9.77. The molecule has 15 heavy (non-hydrogen) atoms. The van der Waals surface area contributed by atoms with Crippen LogP contribution in [0.15, 0.2) is 0 Å². The Labute approximate surface area is 82.8 Å². The van der Waals surface area contributed by atoms with Crippen molar-refractivity contribution in [1.82, 2.24) is 0 Å². The van der Waals surface area contributed by atoms with E-state index in [0.717, 1.165) is 0 Å². The van der Waals surface area contributed by atoms with Crippen molar-refractivity contribution in [2.45, 2.75) is 12.2 Å². The second-order valence-corrected chi connectivity index (χ2v) is 2.12. The molecule has 0 bridgehead atoms. The molecular formula is C6H10O9. The quantitative estimate of drug-likeness (QED) is 0.291. The lowest BCUT2D eigenvalue weighted by Crippen LogP contribution is -2.39. The summed E-state index contributed by atoms with van der Waals surface area (Å²) in [5.41, 5.74) is 0. The van der Waals surface area contributed by atoms with Crippen molar-refractivity contribution in [2.24, 2.45) is 0 Å². The van der Waals surface area contributed by atoms with E-state index >= 15 is 0 Å². The van der Waals surface area contributed by atoms with Crippen LogP contribution in [0.25, 0.3) is 0 Å². The molecule has 2 atom stereocenters. The number of carboxylic acids is 3. The molecule has 0 amide bonds. The Kier molecular flexibility index (Phi) is 8.05. The van der Waals surface area contributed by atoms with Crippen molar-refractivity contribution < 1.29 is 45.0 Å². The molecule has 0 fully saturated rings. The highest BCUT2D eigenvalue weighted by Gasteiger charge is 2.29. The van der Waals surface area contributed by atoms with E-state index in [4.69, 9.17) is 35.4 Å². The Balaban J connectivity index is 0. The maximum Gasteiger partial charge on any atom is 0.335 e. The third-order valence-corrected chi connectivity index (χ3v) is 0.940. The van der Waals surface area contributed by atoms with Crippen molar-refractivity contribution in [2.75, 3.05) is 6.61 Å². The summed E-state index contributed by atoms with van der Waals surface area (Å²) in [5.74, 6) is -4.73. The van der Waals surface area contributed by atoms with Gasteiger partial charge in [-0.05, 0) is 0 Å². The lowest BCUT2D eigenvalue weighted by molar-refractivity contribution is -0.165. The fourth-order valence-electron chi connectivity index (χ4n) is 0.270. The molecule has 0 saturated carbocycles. The zero-order chi connectivity index (χ0) is 12.6. The molecule has 2 unspecified atom stereocenters. The Morgan fingerprint density at radius 1 is 0.867 bits per heavy atom. The van der Waals surface area contributed by atoms with Crippen LogP contribution in [-0.4, -0.2) is 67.4 Å². The van der Waals surface area contributed by atoms with Crippen LogP contribution in [-0.2, 0) is 14.4 Å². The second-order valence-electron chi connectivity index (χ2n) is 2.12. The molecule has 0 aromatic carbocycles. The van der Waals surface area contributed by atoms with Crippen molar-refractivity contribution in [3.8, 4) is 0 Å². The molecule has 9 nitrogen and oxygen atoms in total. The minimum Gasteiger partial charge on any atom is -0.480 e. The van der Waals surface area contributed by atoms with Gasteiger partial charge in [0.15, 0.2) is 12.2 Å². The molecular weight excluding hydrogens is 216 g/mol. The van der Waals surface area contributed by atoms with Crippen LogP contribution in [0.3, 0.4) is 0 Å². The normalized spacial score (nSPS) is 13.0. The van der Waals surface area contributed by atoms with Gasteiger partial charge in [0.05, 0.1) is 0 Å². The van der Waals surface area contributed by atoms with E-state index in [1.807, 2.05) is 0 Å². The summed E-state index contributed by atoms with van der Waals surface area (Å²) < 4.78 is 0. The van der Waals surface area contributed by atoms with E-state index < -0.39 is 36.7 Å². The van der Waals surface area contributed by atoms with E-state index in [1.54, 1.807) is 0 Å². The first-order chi connectivity index (χ1) is 6.73. The van der Waals surface area contributed by atoms with Gasteiger partial charge >= 0.3 is 17.9 Å². The van der Waals surface area contributed by atoms with Gasteiger partial charge in [0, 0.05) is 0 Å². The summed E-state index contributed by atoms with van der Waals surface area (Å²) in [7, 11) is 0. The molecule has 0 saturated heterocycles. The van der Waals surface area contributed by atoms with Crippen LogP contribution >= 0.6 is 0 Å². The van der Waals surface area contributed by atoms with Gasteiger partial charge in [-0.15, -0.1) is 0 Å². The van der Waals surface area contributed by atoms with Gasteiger partial charge in [-0.1, -0.05) is 0 Å². The monoisotopic (exact) mass is 226 g/mol. The Morgan fingerprint density at radius 2 is 1.07 bits per heavy atom. The third kappa shape index (κ3) is 8.62. The van der Waals surface area contributed by atoms with Crippen molar-refractivity contribution in [3.05, 3.63) is 0 Å². The van der Waals surface area contributed by atoms with Gasteiger partial charge in [0.1, 0.15) is 6.61 Å². The summed E-state index contributed by atoms with van der Waals surface area (Å²) >= 11 is 0. The molecule has 0 aromatic heterocycles. The van der Waals surface area contributed by atoms with Crippen LogP contribution in [0.5, 0.6) is 0 Å². The number of aliphatic hydroxyl groups excluding tert-OH is 3. The number of carboxylic acid groups (broad SMARTS) is 3. The number of hydrogen-bond donors (Lipinski definition) is 6. The lowest BCUT2D eigenvalue weighted by Gasteiger charge is -2.07. The van der Waals surface area contributed by atoms with Crippen LogP contribution in [0.1, 0.15) is 0 Å². The number of hydrogen-bond acceptors (Lipinski definition) is 6. The summed E-state index contributed by atoms with van der Waals surface area (Å²) in [5, 5.41) is 47.5. The molecule has 0 aromatic rings. The predicted molar refractivity (Wildman–Crippen MR) is 42.0 cm³/mol. The molecule has 0 aliphatic rings. The summed E-state index contributed by atoms with van der Waals surface area (Å²) in [4.78, 5) is 28.7. The van der Waals surface area contributed by atoms with Gasteiger partial charge in [-0.2, -0.15) is 0 Å². The first kappa shape index (κ1) is 15.7. The van der Waals surface area contributed by atoms with Crippen molar-refractivity contribution >= 4 is 17.9 Å². The maximum atomic E-state index is 9.77. The molecule has 0 aliphatic carbocycles. The van der Waals surface area contributed by atoms with Crippen molar-refractivity contribution in [3.63, 3.8) is 0 Å². The van der Waals surface area contributed by atoms with Gasteiger partial charge in [0.25, 0.3) is 0 Å². The van der Waals surface area contributed by atoms with E-state index in [2.05, 4.69) is 0 Å². The third-order valence-electron chi connectivity index (χ3n) is 0.940. The Morgan fingerprint density at radius 3 is 1.13 bits per heavy atom. The zero-order valence-corrected chi connectivity index (χ0v) is 7.27. The lowest BCUT2D eigenvalue weighted by atomic mass is 10.2. The van der Waals surface area contributed by atoms with Crippen molar-refractivity contribution in [1.29, 1.82) is 0 Å². The summed E-state index contributed by atoms with van der Waals surface area (Å²) in [6.45, 7) is -0.778. The smallest absolute Gasteiger partial charge is 0.335 e. The van der Waals surface area contributed by atoms with E-state index in [-0.39, 0.29) is 0 Å². The van der Waals surface area contributed by atoms with Gasteiger partial charge in [-0.25, -0.2) is 14.4 Å². The highest BCUT2D eigenvalue weighted by Crippen LogP contribution is 1.92. The SMILES string of the molecule is O=C(O)C(O)C(O)C(=O)O.O=C(O)CO. The van der Waals surface area contributed by atoms with E-state index in [1.165, 1.54) is 0 Å². The average Bonchev–Trinajstić information content (AvgIpc) is 2.16. The average molecular weight is 226 g/mol. The molecule has 0 rings (SSSR count). The Bertz CT molecular complexity index is 217. The first-order valence-electron chi connectivity index (χ1n) is 3.38. The second kappa shape index (κ2) is 7.67. The summed E-state index contributed by atoms with van der Waals surface area (Å²) in [6, 6.07) is 0. The topological polar surface area (TPSA) is 173 Å². The number of aliphatic carboxylic acids is 3. The first-order valence-corrected chi connectivity index (χ1v) is 3.38. The molecule has 88 valence electrons. The molecule has 0 heterocycles. The van der Waals surface area contributed by atoms with E-state index in [0.29, 0.717) is 0 Å². The van der Waals surface area contributed by atoms with Gasteiger partial charge in [-0.3, -0.25) is 0 Å². The molecule has 0 aliphatic heterocycles. The van der Waals surface area contributed by atoms with Crippen LogP contribution in [0.2, 0.25) is 0 Å². The molecule has 0 spiro atoms. The van der Waals surface area contributed by atoms with Gasteiger partial charge < -0.3 is 30.6 Å². The molecule has 6 N–H and O–H groups in total. The molecule has 9 heteroatoms. The Hall–Kier alpha value is -1.71. The fourth-order valence-corrected chi connectivity index (χ4v) is 0.270. The van der Waals surface area contributed by atoms with Crippen LogP contribution in [0, 0.1) is 0 Å². The van der Waals surface area contributed by atoms with Crippen LogP contribution < -0.4 is 0 Å². The number of carbonyl (C=O) groups is 3. The highest BCUT2D eigenvalue weighted by atomic mass is 16.4. The minimum atomic E-state index is -2.27. The number of aliphatic hydroxyl groups is 3. The number of rotatable bonds is 4. The van der Waals surface area contributed by atoms with Gasteiger partial charge in [0.2, 0.25) is 0 Å². The largest absolute Gasteiger partial charge is 0.480 e. The fraction of sp³-hybridized carbons (Fsp3) is 0.500. The highest BCUT2D eigenvalue weighted by molar-refractivity contribution is 5.83.